The van der Waals surface area contributed by atoms with Crippen LogP contribution in [0.15, 0.2) is 23.2 Å². The van der Waals surface area contributed by atoms with Crippen molar-refractivity contribution in [1.82, 2.24) is 10.2 Å². The van der Waals surface area contributed by atoms with Crippen molar-refractivity contribution in [3.05, 3.63) is 29.3 Å². The topological polar surface area (TPSA) is 46.1 Å². The van der Waals surface area contributed by atoms with Crippen LogP contribution in [0.25, 0.3) is 0 Å². The second kappa shape index (κ2) is 8.38. The lowest BCUT2D eigenvalue weighted by molar-refractivity contribution is 0.156. The summed E-state index contributed by atoms with van der Waals surface area (Å²) in [5, 5.41) is 3.49. The van der Waals surface area contributed by atoms with Crippen LogP contribution in [0, 0.1) is 12.3 Å². The summed E-state index contributed by atoms with van der Waals surface area (Å²) in [7, 11) is 3.56. The van der Waals surface area contributed by atoms with E-state index in [0.717, 1.165) is 44.6 Å². The first-order valence-electron chi connectivity index (χ1n) is 8.32. The third-order valence-electron chi connectivity index (χ3n) is 4.93. The molecule has 1 aromatic carbocycles. The first kappa shape index (κ1) is 19.3. The molecule has 1 atom stereocenters. The van der Waals surface area contributed by atoms with Crippen molar-refractivity contribution in [2.45, 2.75) is 26.3 Å². The number of benzene rings is 1. The Morgan fingerprint density at radius 3 is 2.88 bits per heavy atom. The van der Waals surface area contributed by atoms with Crippen molar-refractivity contribution in [2.75, 3.05) is 40.5 Å². The fourth-order valence-corrected chi connectivity index (χ4v) is 3.65. The SMILES string of the molecule is CN=C(NCc1cc(C)cc(OC)c1)N1CCC2(CCOC2)C1.I. The second-order valence-electron chi connectivity index (χ2n) is 6.73. The average Bonchev–Trinajstić information content (AvgIpc) is 3.18. The Morgan fingerprint density at radius 2 is 2.21 bits per heavy atom. The van der Waals surface area contributed by atoms with Gasteiger partial charge in [-0.05, 0) is 43.0 Å². The summed E-state index contributed by atoms with van der Waals surface area (Å²) in [5.74, 6) is 1.88. The molecule has 1 aromatic rings. The van der Waals surface area contributed by atoms with E-state index in [4.69, 9.17) is 9.47 Å². The van der Waals surface area contributed by atoms with Gasteiger partial charge in [-0.2, -0.15) is 0 Å². The highest BCUT2D eigenvalue weighted by Gasteiger charge is 2.42. The quantitative estimate of drug-likeness (QED) is 0.442. The molecule has 6 heteroatoms. The molecule has 24 heavy (non-hydrogen) atoms. The van der Waals surface area contributed by atoms with Crippen LogP contribution < -0.4 is 10.1 Å². The van der Waals surface area contributed by atoms with Gasteiger partial charge < -0.3 is 19.7 Å². The fraction of sp³-hybridized carbons (Fsp3) is 0.611. The first-order chi connectivity index (χ1) is 11.1. The maximum atomic E-state index is 5.61. The summed E-state index contributed by atoms with van der Waals surface area (Å²) >= 11 is 0. The van der Waals surface area contributed by atoms with Gasteiger partial charge in [0.05, 0.1) is 13.7 Å². The third-order valence-corrected chi connectivity index (χ3v) is 4.93. The highest BCUT2D eigenvalue weighted by atomic mass is 127. The van der Waals surface area contributed by atoms with Crippen LogP contribution in [0.2, 0.25) is 0 Å². The summed E-state index contributed by atoms with van der Waals surface area (Å²) in [5.41, 5.74) is 2.77. The van der Waals surface area contributed by atoms with E-state index in [9.17, 15) is 0 Å². The third kappa shape index (κ3) is 4.33. The van der Waals surface area contributed by atoms with Gasteiger partial charge in [-0.15, -0.1) is 24.0 Å². The molecule has 2 aliphatic heterocycles. The number of guanidine groups is 1. The zero-order chi connectivity index (χ0) is 16.3. The standard InChI is InChI=1S/C18H27N3O2.HI/c1-14-8-15(10-16(9-14)22-3)11-20-17(19-2)21-6-4-18(12-21)5-7-23-13-18;/h8-10H,4-7,11-13H2,1-3H3,(H,19,20);1H. The van der Waals surface area contributed by atoms with Gasteiger partial charge in [0.15, 0.2) is 5.96 Å². The molecule has 5 nitrogen and oxygen atoms in total. The summed E-state index contributed by atoms with van der Waals surface area (Å²) in [6, 6.07) is 6.30. The Bertz CT molecular complexity index is 586. The molecular formula is C18H28IN3O2. The van der Waals surface area contributed by atoms with Crippen molar-refractivity contribution in [2.24, 2.45) is 10.4 Å². The number of halogens is 1. The van der Waals surface area contributed by atoms with E-state index in [1.807, 2.05) is 13.1 Å². The molecule has 0 aliphatic carbocycles. The average molecular weight is 445 g/mol. The molecule has 2 aliphatic rings. The van der Waals surface area contributed by atoms with Gasteiger partial charge in [-0.25, -0.2) is 0 Å². The second-order valence-corrected chi connectivity index (χ2v) is 6.73. The van der Waals surface area contributed by atoms with Crippen molar-refractivity contribution in [1.29, 1.82) is 0 Å². The Hall–Kier alpha value is -1.02. The molecule has 0 saturated carbocycles. The highest BCUT2D eigenvalue weighted by Crippen LogP contribution is 2.38. The lowest BCUT2D eigenvalue weighted by atomic mass is 9.87. The molecule has 0 bridgehead atoms. The molecule has 134 valence electrons. The van der Waals surface area contributed by atoms with Crippen molar-refractivity contribution >= 4 is 29.9 Å². The fourth-order valence-electron chi connectivity index (χ4n) is 3.65. The summed E-state index contributed by atoms with van der Waals surface area (Å²) in [6.07, 6.45) is 2.38. The Labute approximate surface area is 161 Å². The van der Waals surface area contributed by atoms with E-state index < -0.39 is 0 Å². The van der Waals surface area contributed by atoms with Crippen molar-refractivity contribution < 1.29 is 9.47 Å². The number of hydrogen-bond donors (Lipinski definition) is 1. The molecule has 2 fully saturated rings. The van der Waals surface area contributed by atoms with E-state index in [0.29, 0.717) is 5.41 Å². The van der Waals surface area contributed by atoms with E-state index >= 15 is 0 Å². The Balaban J connectivity index is 0.00000208. The van der Waals surface area contributed by atoms with Crippen LogP contribution in [-0.4, -0.2) is 51.3 Å². The van der Waals surface area contributed by atoms with Gasteiger partial charge in [-0.1, -0.05) is 6.07 Å². The van der Waals surface area contributed by atoms with Crippen LogP contribution in [0.4, 0.5) is 0 Å². The number of nitrogens with one attached hydrogen (secondary N) is 1. The lowest BCUT2D eigenvalue weighted by Gasteiger charge is -2.25. The Kier molecular flexibility index (Phi) is 6.74. The molecule has 0 radical (unpaired) electrons. The molecule has 2 saturated heterocycles. The summed E-state index contributed by atoms with van der Waals surface area (Å²) in [4.78, 5) is 6.83. The van der Waals surface area contributed by atoms with Crippen LogP contribution in [-0.2, 0) is 11.3 Å². The van der Waals surface area contributed by atoms with E-state index in [2.05, 4.69) is 34.3 Å². The van der Waals surface area contributed by atoms with Crippen LogP contribution in [0.3, 0.4) is 0 Å². The molecular weight excluding hydrogens is 417 g/mol. The number of aliphatic imine (C=N–C) groups is 1. The molecule has 3 rings (SSSR count). The molecule has 0 aromatic heterocycles. The number of nitrogens with zero attached hydrogens (tertiary/aromatic N) is 2. The Morgan fingerprint density at radius 1 is 1.38 bits per heavy atom. The van der Waals surface area contributed by atoms with Gasteiger partial charge in [0.1, 0.15) is 5.75 Å². The lowest BCUT2D eigenvalue weighted by Crippen LogP contribution is -2.41. The largest absolute Gasteiger partial charge is 0.497 e. The molecule has 1 spiro atoms. The smallest absolute Gasteiger partial charge is 0.193 e. The van der Waals surface area contributed by atoms with Gasteiger partial charge in [-0.3, -0.25) is 4.99 Å². The minimum atomic E-state index is 0. The molecule has 2 heterocycles. The number of likely N-dealkylation sites (tertiary alicyclic amines) is 1. The number of aryl methyl sites for hydroxylation is 1. The van der Waals surface area contributed by atoms with Gasteiger partial charge >= 0.3 is 0 Å². The zero-order valence-electron chi connectivity index (χ0n) is 14.8. The number of methoxy groups -OCH3 is 1. The minimum absolute atomic E-state index is 0. The monoisotopic (exact) mass is 445 g/mol. The highest BCUT2D eigenvalue weighted by molar-refractivity contribution is 14.0. The van der Waals surface area contributed by atoms with E-state index in [1.165, 1.54) is 24.0 Å². The van der Waals surface area contributed by atoms with E-state index in [-0.39, 0.29) is 24.0 Å². The first-order valence-corrected chi connectivity index (χ1v) is 8.32. The number of hydrogen-bond acceptors (Lipinski definition) is 3. The molecule has 1 N–H and O–H groups in total. The zero-order valence-corrected chi connectivity index (χ0v) is 17.1. The predicted octanol–water partition coefficient (Wildman–Crippen LogP) is 2.81. The maximum Gasteiger partial charge on any atom is 0.193 e. The van der Waals surface area contributed by atoms with Crippen molar-refractivity contribution in [3.63, 3.8) is 0 Å². The van der Waals surface area contributed by atoms with Crippen LogP contribution in [0.1, 0.15) is 24.0 Å². The van der Waals surface area contributed by atoms with Crippen molar-refractivity contribution in [3.8, 4) is 5.75 Å². The summed E-state index contributed by atoms with van der Waals surface area (Å²) in [6.45, 7) is 6.75. The van der Waals surface area contributed by atoms with Gasteiger partial charge in [0, 0.05) is 38.7 Å². The van der Waals surface area contributed by atoms with Crippen LogP contribution in [0.5, 0.6) is 5.75 Å². The van der Waals surface area contributed by atoms with Crippen LogP contribution >= 0.6 is 24.0 Å². The maximum absolute atomic E-state index is 5.61. The number of rotatable bonds is 3. The van der Waals surface area contributed by atoms with E-state index in [1.54, 1.807) is 7.11 Å². The molecule has 1 unspecified atom stereocenters. The predicted molar refractivity (Wildman–Crippen MR) is 107 cm³/mol. The minimum Gasteiger partial charge on any atom is -0.497 e. The summed E-state index contributed by atoms with van der Waals surface area (Å²) < 4.78 is 11.0. The molecule has 0 amide bonds. The van der Waals surface area contributed by atoms with Gasteiger partial charge in [0.25, 0.3) is 0 Å². The van der Waals surface area contributed by atoms with Gasteiger partial charge in [0.2, 0.25) is 0 Å². The normalized spacial score (nSPS) is 23.5. The number of ether oxygens (including phenoxy) is 2.